The largest absolute Gasteiger partial charge is 0.480 e. The van der Waals surface area contributed by atoms with Gasteiger partial charge in [0.1, 0.15) is 18.1 Å². The van der Waals surface area contributed by atoms with Crippen LogP contribution in [0.25, 0.3) is 0 Å². The van der Waals surface area contributed by atoms with Crippen LogP contribution in [0.4, 0.5) is 4.79 Å². The quantitative estimate of drug-likeness (QED) is 0.636. The Morgan fingerprint density at radius 3 is 2.64 bits per heavy atom. The first-order valence-corrected chi connectivity index (χ1v) is 9.53. The number of imide groups is 1. The number of aliphatic carboxylic acids is 1. The van der Waals surface area contributed by atoms with Gasteiger partial charge >= 0.3 is 12.0 Å². The predicted molar refractivity (Wildman–Crippen MR) is 100 cm³/mol. The molecular formula is C20H25N3O5. The monoisotopic (exact) mass is 387 g/mol. The number of rotatable bonds is 6. The number of carbonyl (C=O) groups is 4. The van der Waals surface area contributed by atoms with E-state index in [9.17, 15) is 24.3 Å². The van der Waals surface area contributed by atoms with Crippen molar-refractivity contribution < 1.29 is 24.3 Å². The Morgan fingerprint density at radius 1 is 1.29 bits per heavy atom. The molecule has 0 bridgehead atoms. The van der Waals surface area contributed by atoms with E-state index >= 15 is 0 Å². The Hall–Kier alpha value is -2.90. The molecule has 2 fully saturated rings. The third-order valence-electron chi connectivity index (χ3n) is 5.72. The highest BCUT2D eigenvalue weighted by Gasteiger charge is 2.55. The van der Waals surface area contributed by atoms with E-state index in [1.54, 1.807) is 24.3 Å². The summed E-state index contributed by atoms with van der Waals surface area (Å²) in [7, 11) is 0. The average Bonchev–Trinajstić information content (AvgIpc) is 2.89. The summed E-state index contributed by atoms with van der Waals surface area (Å²) >= 11 is 0. The number of amides is 4. The lowest BCUT2D eigenvalue weighted by atomic mass is 9.73. The van der Waals surface area contributed by atoms with Crippen LogP contribution >= 0.6 is 0 Å². The maximum atomic E-state index is 12.9. The minimum atomic E-state index is -1.17. The number of benzene rings is 1. The van der Waals surface area contributed by atoms with Crippen LogP contribution in [0.3, 0.4) is 0 Å². The highest BCUT2D eigenvalue weighted by Crippen LogP contribution is 2.38. The fourth-order valence-electron chi connectivity index (χ4n) is 4.07. The molecule has 4 amide bonds. The maximum Gasteiger partial charge on any atom is 0.326 e. The normalized spacial score (nSPS) is 25.5. The second-order valence-electron chi connectivity index (χ2n) is 7.59. The second-order valence-corrected chi connectivity index (χ2v) is 7.59. The lowest BCUT2D eigenvalue weighted by Gasteiger charge is -2.36. The van der Waals surface area contributed by atoms with Crippen molar-refractivity contribution in [3.63, 3.8) is 0 Å². The Kier molecular flexibility index (Phi) is 5.67. The van der Waals surface area contributed by atoms with Gasteiger partial charge in [-0.1, -0.05) is 50.1 Å². The molecule has 0 aromatic heterocycles. The van der Waals surface area contributed by atoms with Gasteiger partial charge in [0.15, 0.2) is 0 Å². The Labute approximate surface area is 163 Å². The van der Waals surface area contributed by atoms with E-state index in [-0.39, 0.29) is 12.3 Å². The lowest BCUT2D eigenvalue weighted by Crippen LogP contribution is -2.54. The van der Waals surface area contributed by atoms with E-state index in [1.165, 1.54) is 0 Å². The van der Waals surface area contributed by atoms with Gasteiger partial charge in [0.25, 0.3) is 5.91 Å². The molecular weight excluding hydrogens is 362 g/mol. The maximum absolute atomic E-state index is 12.9. The van der Waals surface area contributed by atoms with Gasteiger partial charge < -0.3 is 15.7 Å². The smallest absolute Gasteiger partial charge is 0.326 e. The molecule has 2 unspecified atom stereocenters. The molecule has 3 N–H and O–H groups in total. The van der Waals surface area contributed by atoms with Crippen molar-refractivity contribution in [3.05, 3.63) is 35.9 Å². The summed E-state index contributed by atoms with van der Waals surface area (Å²) in [6.07, 6.45) is 3.36. The minimum Gasteiger partial charge on any atom is -0.480 e. The molecule has 8 nitrogen and oxygen atoms in total. The van der Waals surface area contributed by atoms with Crippen molar-refractivity contribution in [2.75, 3.05) is 6.54 Å². The van der Waals surface area contributed by atoms with Crippen molar-refractivity contribution in [2.24, 2.45) is 5.92 Å². The summed E-state index contributed by atoms with van der Waals surface area (Å²) in [6, 6.07) is 7.20. The molecule has 3 rings (SSSR count). The molecule has 150 valence electrons. The molecule has 1 saturated heterocycles. The number of carboxylic acids is 1. The van der Waals surface area contributed by atoms with Crippen LogP contribution in [0.15, 0.2) is 30.3 Å². The Bertz CT molecular complexity index is 781. The fraction of sp³-hybridized carbons (Fsp3) is 0.500. The number of carboxylic acid groups (broad SMARTS) is 1. The average molecular weight is 387 g/mol. The lowest BCUT2D eigenvalue weighted by molar-refractivity contribution is -0.142. The van der Waals surface area contributed by atoms with Crippen molar-refractivity contribution in [1.29, 1.82) is 0 Å². The summed E-state index contributed by atoms with van der Waals surface area (Å²) in [5.74, 6) is -2.25. The highest BCUT2D eigenvalue weighted by molar-refractivity contribution is 6.09. The zero-order valence-corrected chi connectivity index (χ0v) is 15.8. The molecule has 1 aromatic carbocycles. The molecule has 0 radical (unpaired) electrons. The van der Waals surface area contributed by atoms with E-state index in [2.05, 4.69) is 10.6 Å². The molecule has 1 aliphatic heterocycles. The number of nitrogens with one attached hydrogen (secondary N) is 2. The molecule has 1 aromatic rings. The molecule has 28 heavy (non-hydrogen) atoms. The fourth-order valence-corrected chi connectivity index (χ4v) is 4.07. The van der Waals surface area contributed by atoms with Gasteiger partial charge in [-0.3, -0.25) is 14.5 Å². The molecule has 1 saturated carbocycles. The number of carbonyl (C=O) groups excluding carboxylic acids is 3. The summed E-state index contributed by atoms with van der Waals surface area (Å²) in [5.41, 5.74) is -0.175. The number of urea groups is 1. The van der Waals surface area contributed by atoms with Crippen LogP contribution in [0.1, 0.15) is 38.2 Å². The van der Waals surface area contributed by atoms with Crippen molar-refractivity contribution in [1.82, 2.24) is 15.5 Å². The van der Waals surface area contributed by atoms with E-state index in [0.29, 0.717) is 6.42 Å². The number of hydrogen-bond donors (Lipinski definition) is 3. The molecule has 2 aliphatic rings. The summed E-state index contributed by atoms with van der Waals surface area (Å²) in [5, 5.41) is 14.6. The SMILES string of the molecule is CC1CCCCC12NC(=O)N(CC(=O)N[C@H](Cc1ccccc1)C(=O)O)C2=O. The second kappa shape index (κ2) is 8.00. The Balaban J connectivity index is 1.65. The number of hydrogen-bond acceptors (Lipinski definition) is 4. The number of nitrogens with zero attached hydrogens (tertiary/aromatic N) is 1. The van der Waals surface area contributed by atoms with Crippen molar-refractivity contribution in [3.8, 4) is 0 Å². The van der Waals surface area contributed by atoms with Crippen LogP contribution in [-0.4, -0.2) is 51.9 Å². The van der Waals surface area contributed by atoms with Crippen molar-refractivity contribution >= 4 is 23.8 Å². The van der Waals surface area contributed by atoms with Gasteiger partial charge in [-0.2, -0.15) is 0 Å². The van der Waals surface area contributed by atoms with Crippen LogP contribution in [0.5, 0.6) is 0 Å². The zero-order valence-electron chi connectivity index (χ0n) is 15.8. The van der Waals surface area contributed by atoms with Gasteiger partial charge in [0.05, 0.1) is 0 Å². The molecule has 8 heteroatoms. The van der Waals surface area contributed by atoms with E-state index < -0.39 is 41.9 Å². The first-order chi connectivity index (χ1) is 13.3. The van der Waals surface area contributed by atoms with Crippen molar-refractivity contribution in [2.45, 2.75) is 50.6 Å². The van der Waals surface area contributed by atoms with Gasteiger partial charge in [-0.05, 0) is 24.3 Å². The molecule has 1 heterocycles. The van der Waals surface area contributed by atoms with Gasteiger partial charge in [-0.25, -0.2) is 9.59 Å². The van der Waals surface area contributed by atoms with Gasteiger partial charge in [0, 0.05) is 6.42 Å². The highest BCUT2D eigenvalue weighted by atomic mass is 16.4. The summed E-state index contributed by atoms with van der Waals surface area (Å²) < 4.78 is 0. The van der Waals surface area contributed by atoms with E-state index in [4.69, 9.17) is 0 Å². The molecule has 1 aliphatic carbocycles. The topological polar surface area (TPSA) is 116 Å². The summed E-state index contributed by atoms with van der Waals surface area (Å²) in [4.78, 5) is 50.1. The molecule has 3 atom stereocenters. The van der Waals surface area contributed by atoms with Crippen LogP contribution in [0, 0.1) is 5.92 Å². The third-order valence-corrected chi connectivity index (χ3v) is 5.72. The van der Waals surface area contributed by atoms with E-state index in [1.807, 2.05) is 13.0 Å². The standard InChI is InChI=1S/C20H25N3O5/c1-13-7-5-6-10-20(13)18(27)23(19(28)22-20)12-16(24)21-15(17(25)26)11-14-8-3-2-4-9-14/h2-4,8-9,13,15H,5-7,10-12H2,1H3,(H,21,24)(H,22,28)(H,25,26)/t13?,15-,20?/m1/s1. The predicted octanol–water partition coefficient (Wildman–Crippen LogP) is 1.30. The first kappa shape index (κ1) is 19.9. The minimum absolute atomic E-state index is 0.00406. The van der Waals surface area contributed by atoms with Crippen LogP contribution < -0.4 is 10.6 Å². The first-order valence-electron chi connectivity index (χ1n) is 9.53. The van der Waals surface area contributed by atoms with E-state index in [0.717, 1.165) is 29.7 Å². The summed E-state index contributed by atoms with van der Waals surface area (Å²) in [6.45, 7) is 1.44. The van der Waals surface area contributed by atoms with Gasteiger partial charge in [0.2, 0.25) is 5.91 Å². The Morgan fingerprint density at radius 2 is 2.00 bits per heavy atom. The van der Waals surface area contributed by atoms with Gasteiger partial charge in [-0.15, -0.1) is 0 Å². The third kappa shape index (κ3) is 3.85. The van der Waals surface area contributed by atoms with Crippen LogP contribution in [0.2, 0.25) is 0 Å². The van der Waals surface area contributed by atoms with Crippen LogP contribution in [-0.2, 0) is 20.8 Å². The molecule has 1 spiro atoms. The zero-order chi connectivity index (χ0) is 20.3.